The van der Waals surface area contributed by atoms with Crippen molar-refractivity contribution in [3.63, 3.8) is 0 Å². The summed E-state index contributed by atoms with van der Waals surface area (Å²) in [5.41, 5.74) is 3.80. The van der Waals surface area contributed by atoms with Crippen LogP contribution in [0.1, 0.15) is 33.0 Å². The van der Waals surface area contributed by atoms with Gasteiger partial charge in [-0.3, -0.25) is 4.79 Å². The number of carbonyl (C=O) groups is 1. The standard InChI is InChI=1S/C23H26N2O4S/c1-15-10-11-30-22(15)13-25(4)23(26)9-7-18-6-8-20(21(12-18)27-5)28-14-19-16(2)24-29-17(19)3/h6-12H,13-14H2,1-5H3. The maximum absolute atomic E-state index is 12.4. The highest BCUT2D eigenvalue weighted by molar-refractivity contribution is 7.10. The first-order chi connectivity index (χ1) is 14.4. The second-order valence-corrected chi connectivity index (χ2v) is 8.06. The number of hydrogen-bond acceptors (Lipinski definition) is 6. The molecule has 0 fully saturated rings. The molecule has 0 unspecified atom stereocenters. The molecule has 0 radical (unpaired) electrons. The number of thiophene rings is 1. The Morgan fingerprint density at radius 1 is 1.23 bits per heavy atom. The number of benzene rings is 1. The fraction of sp³-hybridized carbons (Fsp3) is 0.304. The van der Waals surface area contributed by atoms with E-state index in [1.165, 1.54) is 10.4 Å². The number of hydrogen-bond donors (Lipinski definition) is 0. The van der Waals surface area contributed by atoms with Gasteiger partial charge in [-0.05, 0) is 61.6 Å². The first-order valence-corrected chi connectivity index (χ1v) is 10.5. The molecule has 1 amide bonds. The van der Waals surface area contributed by atoms with Crippen LogP contribution < -0.4 is 9.47 Å². The third-order valence-corrected chi connectivity index (χ3v) is 5.89. The Bertz CT molecular complexity index is 1030. The van der Waals surface area contributed by atoms with Crippen molar-refractivity contribution in [1.82, 2.24) is 10.1 Å². The van der Waals surface area contributed by atoms with E-state index < -0.39 is 0 Å². The number of aromatic nitrogens is 1. The Morgan fingerprint density at radius 2 is 2.03 bits per heavy atom. The molecule has 7 heteroatoms. The van der Waals surface area contributed by atoms with Crippen LogP contribution in [0.2, 0.25) is 0 Å². The molecule has 3 rings (SSSR count). The van der Waals surface area contributed by atoms with Crippen LogP contribution in [-0.4, -0.2) is 30.1 Å². The van der Waals surface area contributed by atoms with Gasteiger partial charge in [-0.15, -0.1) is 11.3 Å². The molecule has 3 aromatic rings. The van der Waals surface area contributed by atoms with Crippen molar-refractivity contribution in [2.45, 2.75) is 33.9 Å². The molecule has 0 atom stereocenters. The van der Waals surface area contributed by atoms with Gasteiger partial charge in [0.15, 0.2) is 11.5 Å². The van der Waals surface area contributed by atoms with E-state index in [9.17, 15) is 4.79 Å². The summed E-state index contributed by atoms with van der Waals surface area (Å²) in [4.78, 5) is 15.3. The maximum atomic E-state index is 12.4. The predicted octanol–water partition coefficient (Wildman–Crippen LogP) is 4.92. The Morgan fingerprint density at radius 3 is 2.67 bits per heavy atom. The molecule has 2 heterocycles. The van der Waals surface area contributed by atoms with E-state index in [-0.39, 0.29) is 5.91 Å². The molecule has 0 aliphatic heterocycles. The van der Waals surface area contributed by atoms with Gasteiger partial charge in [0.2, 0.25) is 5.91 Å². The van der Waals surface area contributed by atoms with Crippen molar-refractivity contribution in [3.05, 3.63) is 68.7 Å². The summed E-state index contributed by atoms with van der Waals surface area (Å²) < 4.78 is 16.5. The molecule has 0 saturated heterocycles. The highest BCUT2D eigenvalue weighted by Gasteiger charge is 2.12. The molecule has 2 aromatic heterocycles. The normalized spacial score (nSPS) is 11.1. The average Bonchev–Trinajstić information content (AvgIpc) is 3.29. The molecular formula is C23H26N2O4S. The van der Waals surface area contributed by atoms with E-state index in [1.54, 1.807) is 42.5 Å². The zero-order valence-electron chi connectivity index (χ0n) is 17.9. The summed E-state index contributed by atoms with van der Waals surface area (Å²) in [6.07, 6.45) is 3.35. The second kappa shape index (κ2) is 9.63. The molecule has 0 aliphatic carbocycles. The fourth-order valence-corrected chi connectivity index (χ4v) is 3.88. The maximum Gasteiger partial charge on any atom is 0.246 e. The number of aryl methyl sites for hydroxylation is 3. The predicted molar refractivity (Wildman–Crippen MR) is 118 cm³/mol. The SMILES string of the molecule is COc1cc(C=CC(=O)N(C)Cc2sccc2C)ccc1OCc1c(C)noc1C. The first-order valence-electron chi connectivity index (χ1n) is 9.57. The fourth-order valence-electron chi connectivity index (χ4n) is 2.92. The van der Waals surface area contributed by atoms with Crippen molar-refractivity contribution in [2.24, 2.45) is 0 Å². The minimum Gasteiger partial charge on any atom is -0.493 e. The monoisotopic (exact) mass is 426 g/mol. The van der Waals surface area contributed by atoms with E-state index in [0.717, 1.165) is 22.6 Å². The molecule has 0 bridgehead atoms. The van der Waals surface area contributed by atoms with Crippen LogP contribution >= 0.6 is 11.3 Å². The molecule has 6 nitrogen and oxygen atoms in total. The van der Waals surface area contributed by atoms with E-state index in [2.05, 4.69) is 18.1 Å². The van der Waals surface area contributed by atoms with Crippen LogP contribution in [0, 0.1) is 20.8 Å². The van der Waals surface area contributed by atoms with E-state index in [0.29, 0.717) is 24.7 Å². The van der Waals surface area contributed by atoms with Crippen LogP contribution in [0.3, 0.4) is 0 Å². The number of amides is 1. The zero-order valence-corrected chi connectivity index (χ0v) is 18.7. The third-order valence-electron chi connectivity index (χ3n) is 4.88. The van der Waals surface area contributed by atoms with Crippen molar-refractivity contribution in [1.29, 1.82) is 0 Å². The lowest BCUT2D eigenvalue weighted by Crippen LogP contribution is -2.23. The lowest BCUT2D eigenvalue weighted by Gasteiger charge is -2.14. The lowest BCUT2D eigenvalue weighted by atomic mass is 10.1. The third kappa shape index (κ3) is 5.10. The summed E-state index contributed by atoms with van der Waals surface area (Å²) in [7, 11) is 3.39. The van der Waals surface area contributed by atoms with Crippen molar-refractivity contribution < 1.29 is 18.8 Å². The Balaban J connectivity index is 1.65. The van der Waals surface area contributed by atoms with Gasteiger partial charge < -0.3 is 18.9 Å². The van der Waals surface area contributed by atoms with Gasteiger partial charge in [0.1, 0.15) is 12.4 Å². The van der Waals surface area contributed by atoms with Gasteiger partial charge in [0.25, 0.3) is 0 Å². The smallest absolute Gasteiger partial charge is 0.246 e. The molecule has 1 aromatic carbocycles. The van der Waals surface area contributed by atoms with Gasteiger partial charge in [-0.2, -0.15) is 0 Å². The zero-order chi connectivity index (χ0) is 21.7. The van der Waals surface area contributed by atoms with E-state index in [4.69, 9.17) is 14.0 Å². The molecule has 0 saturated carbocycles. The topological polar surface area (TPSA) is 64.8 Å². The van der Waals surface area contributed by atoms with Gasteiger partial charge in [0, 0.05) is 18.0 Å². The molecule has 0 N–H and O–H groups in total. The van der Waals surface area contributed by atoms with Crippen molar-refractivity contribution in [2.75, 3.05) is 14.2 Å². The number of likely N-dealkylation sites (N-methyl/N-ethyl adjacent to an activating group) is 1. The molecule has 0 aliphatic rings. The second-order valence-electron chi connectivity index (χ2n) is 7.06. The molecule has 0 spiro atoms. The summed E-state index contributed by atoms with van der Waals surface area (Å²) in [6, 6.07) is 7.63. The van der Waals surface area contributed by atoms with Gasteiger partial charge in [-0.1, -0.05) is 11.2 Å². The lowest BCUT2D eigenvalue weighted by molar-refractivity contribution is -0.125. The van der Waals surface area contributed by atoms with Gasteiger partial charge >= 0.3 is 0 Å². The number of nitrogens with zero attached hydrogens (tertiary/aromatic N) is 2. The molecule has 158 valence electrons. The molecule has 30 heavy (non-hydrogen) atoms. The van der Waals surface area contributed by atoms with Crippen molar-refractivity contribution >= 4 is 23.3 Å². The highest BCUT2D eigenvalue weighted by atomic mass is 32.1. The van der Waals surface area contributed by atoms with Crippen LogP contribution in [0.5, 0.6) is 11.5 Å². The summed E-state index contributed by atoms with van der Waals surface area (Å²) in [6.45, 7) is 6.75. The van der Waals surface area contributed by atoms with Gasteiger partial charge in [-0.25, -0.2) is 0 Å². The van der Waals surface area contributed by atoms with E-state index >= 15 is 0 Å². The Kier molecular flexibility index (Phi) is 6.95. The Labute approximate surface area is 180 Å². The van der Waals surface area contributed by atoms with Gasteiger partial charge in [0.05, 0.1) is 24.9 Å². The van der Waals surface area contributed by atoms with Crippen LogP contribution in [0.15, 0.2) is 40.2 Å². The summed E-state index contributed by atoms with van der Waals surface area (Å²) in [5.74, 6) is 1.90. The number of ether oxygens (including phenoxy) is 2. The minimum absolute atomic E-state index is 0.0551. The number of rotatable bonds is 8. The largest absolute Gasteiger partial charge is 0.493 e. The van der Waals surface area contributed by atoms with E-state index in [1.807, 2.05) is 37.4 Å². The van der Waals surface area contributed by atoms with Crippen LogP contribution in [0.4, 0.5) is 0 Å². The molecular weight excluding hydrogens is 400 g/mol. The first kappa shape index (κ1) is 21.6. The minimum atomic E-state index is -0.0551. The number of methoxy groups -OCH3 is 1. The van der Waals surface area contributed by atoms with Crippen LogP contribution in [-0.2, 0) is 17.9 Å². The average molecular weight is 427 g/mol. The summed E-state index contributed by atoms with van der Waals surface area (Å²) in [5, 5.41) is 5.98. The Hall–Kier alpha value is -3.06. The van der Waals surface area contributed by atoms with Crippen LogP contribution in [0.25, 0.3) is 6.08 Å². The number of carbonyl (C=O) groups excluding carboxylic acids is 1. The highest BCUT2D eigenvalue weighted by Crippen LogP contribution is 2.30. The quantitative estimate of drug-likeness (QED) is 0.478. The van der Waals surface area contributed by atoms with Crippen molar-refractivity contribution in [3.8, 4) is 11.5 Å². The summed E-state index contributed by atoms with van der Waals surface area (Å²) >= 11 is 1.66.